The van der Waals surface area contributed by atoms with E-state index in [-0.39, 0.29) is 29.9 Å². The number of nitrogens with zero attached hydrogens (tertiary/aromatic N) is 4. The van der Waals surface area contributed by atoms with Gasteiger partial charge in [0.25, 0.3) is 0 Å². The van der Waals surface area contributed by atoms with E-state index in [1.807, 2.05) is 31.2 Å². The van der Waals surface area contributed by atoms with Crippen LogP contribution in [0.1, 0.15) is 63.4 Å². The lowest BCUT2D eigenvalue weighted by molar-refractivity contribution is -0.115. The van der Waals surface area contributed by atoms with Gasteiger partial charge < -0.3 is 15.0 Å². The van der Waals surface area contributed by atoms with Crippen molar-refractivity contribution in [2.24, 2.45) is 5.41 Å². The Bertz CT molecular complexity index is 1220. The van der Waals surface area contributed by atoms with E-state index >= 15 is 0 Å². The zero-order chi connectivity index (χ0) is 25.2. The zero-order valence-corrected chi connectivity index (χ0v) is 20.7. The molecule has 0 aliphatic heterocycles. The fourth-order valence-corrected chi connectivity index (χ4v) is 4.29. The number of nitrogens with one attached hydrogen (secondary N) is 1. The van der Waals surface area contributed by atoms with Gasteiger partial charge in [0.2, 0.25) is 11.8 Å². The van der Waals surface area contributed by atoms with Gasteiger partial charge in [0.05, 0.1) is 24.3 Å². The number of aromatic nitrogens is 3. The second-order valence-corrected chi connectivity index (χ2v) is 10.2. The molecule has 1 saturated carbocycles. The molecule has 1 amide bonds. The van der Waals surface area contributed by atoms with Crippen LogP contribution in [0.25, 0.3) is 11.3 Å². The summed E-state index contributed by atoms with van der Waals surface area (Å²) >= 11 is 0. The molecule has 1 fully saturated rings. The second kappa shape index (κ2) is 9.92. The number of nitriles is 1. The first-order valence-electron chi connectivity index (χ1n) is 11.9. The van der Waals surface area contributed by atoms with Crippen molar-refractivity contribution in [3.05, 3.63) is 47.2 Å². The van der Waals surface area contributed by atoms with Crippen LogP contribution < -0.4 is 11.1 Å². The normalized spacial score (nSPS) is 17.6. The first kappa shape index (κ1) is 24.5. The number of hydrogen-bond acceptors (Lipinski definition) is 7. The van der Waals surface area contributed by atoms with Crippen LogP contribution in [0, 0.1) is 16.7 Å². The van der Waals surface area contributed by atoms with Crippen LogP contribution in [0.15, 0.2) is 34.9 Å². The van der Waals surface area contributed by atoms with E-state index in [1.54, 1.807) is 10.7 Å². The molecular formula is C26H32N6O3. The van der Waals surface area contributed by atoms with Crippen LogP contribution in [0.3, 0.4) is 0 Å². The molecule has 1 aromatic carbocycles. The quantitative estimate of drug-likeness (QED) is 0.489. The number of anilines is 2. The maximum Gasteiger partial charge on any atom is 0.231 e. The summed E-state index contributed by atoms with van der Waals surface area (Å²) in [5.74, 6) is 0.521. The lowest BCUT2D eigenvalue weighted by atomic mass is 9.89. The van der Waals surface area contributed by atoms with Crippen molar-refractivity contribution in [2.45, 2.75) is 65.5 Å². The van der Waals surface area contributed by atoms with Crippen LogP contribution in [0.5, 0.6) is 0 Å². The van der Waals surface area contributed by atoms with E-state index in [4.69, 9.17) is 15.0 Å². The van der Waals surface area contributed by atoms with E-state index < -0.39 is 0 Å². The van der Waals surface area contributed by atoms with Crippen molar-refractivity contribution < 1.29 is 14.1 Å². The monoisotopic (exact) mass is 476 g/mol. The largest absolute Gasteiger partial charge is 0.383 e. The van der Waals surface area contributed by atoms with Gasteiger partial charge in [0.15, 0.2) is 0 Å². The average Bonchev–Trinajstić information content (AvgIpc) is 3.32. The van der Waals surface area contributed by atoms with E-state index in [0.717, 1.165) is 36.1 Å². The Morgan fingerprint density at radius 3 is 2.66 bits per heavy atom. The van der Waals surface area contributed by atoms with Gasteiger partial charge in [0.1, 0.15) is 23.1 Å². The molecule has 0 bridgehead atoms. The van der Waals surface area contributed by atoms with Gasteiger partial charge in [-0.1, -0.05) is 50.2 Å². The van der Waals surface area contributed by atoms with Crippen LogP contribution in [-0.4, -0.2) is 33.6 Å². The summed E-state index contributed by atoms with van der Waals surface area (Å²) in [6.07, 6.45) is 2.82. The second-order valence-electron chi connectivity index (χ2n) is 10.2. The highest BCUT2D eigenvalue weighted by Gasteiger charge is 2.34. The molecule has 0 spiro atoms. The fraction of sp³-hybridized carbons (Fsp3) is 0.462. The summed E-state index contributed by atoms with van der Waals surface area (Å²) in [7, 11) is 0. The van der Waals surface area contributed by atoms with E-state index in [2.05, 4.69) is 42.4 Å². The third-order valence-corrected chi connectivity index (χ3v) is 6.00. The summed E-state index contributed by atoms with van der Waals surface area (Å²) < 4.78 is 12.6. The summed E-state index contributed by atoms with van der Waals surface area (Å²) in [5, 5.41) is 21.1. The van der Waals surface area contributed by atoms with Crippen molar-refractivity contribution in [1.29, 1.82) is 5.26 Å². The number of carbonyl (C=O) groups is 1. The Hall–Kier alpha value is -3.64. The highest BCUT2D eigenvalue weighted by molar-refractivity contribution is 5.91. The van der Waals surface area contributed by atoms with E-state index in [0.29, 0.717) is 29.6 Å². The topological polar surface area (TPSA) is 132 Å². The SMILES string of the molecule is CCO[C@H]1C[C@@H](n2nc(-c3ccc(CC(=O)Nc4cc(CC(C)(C)C)no4)cc3)c(C#N)c2N)C1. The van der Waals surface area contributed by atoms with Crippen LogP contribution in [0.2, 0.25) is 0 Å². The number of ether oxygens (including phenoxy) is 1. The maximum atomic E-state index is 12.5. The first-order chi connectivity index (χ1) is 16.7. The third kappa shape index (κ3) is 5.72. The Morgan fingerprint density at radius 1 is 1.31 bits per heavy atom. The van der Waals surface area contributed by atoms with Gasteiger partial charge in [-0.15, -0.1) is 0 Å². The van der Waals surface area contributed by atoms with E-state index in [9.17, 15) is 10.1 Å². The van der Waals surface area contributed by atoms with Gasteiger partial charge in [-0.25, -0.2) is 4.68 Å². The predicted molar refractivity (Wildman–Crippen MR) is 132 cm³/mol. The molecule has 0 atom stereocenters. The van der Waals surface area contributed by atoms with E-state index in [1.165, 1.54) is 0 Å². The summed E-state index contributed by atoms with van der Waals surface area (Å²) in [6, 6.07) is 11.5. The minimum absolute atomic E-state index is 0.0789. The van der Waals surface area contributed by atoms with Crippen molar-refractivity contribution in [3.63, 3.8) is 0 Å². The van der Waals surface area contributed by atoms with Gasteiger partial charge >= 0.3 is 0 Å². The molecular weight excluding hydrogens is 444 g/mol. The highest BCUT2D eigenvalue weighted by atomic mass is 16.5. The van der Waals surface area contributed by atoms with Crippen molar-refractivity contribution in [1.82, 2.24) is 14.9 Å². The highest BCUT2D eigenvalue weighted by Crippen LogP contribution is 2.38. The number of carbonyl (C=O) groups excluding carboxylic acids is 1. The molecule has 184 valence electrons. The number of nitrogen functional groups attached to an aromatic ring is 1. The molecule has 9 heteroatoms. The Labute approximate surface area is 205 Å². The zero-order valence-electron chi connectivity index (χ0n) is 20.7. The lowest BCUT2D eigenvalue weighted by Gasteiger charge is -2.35. The minimum atomic E-state index is -0.198. The molecule has 0 saturated heterocycles. The standard InChI is InChI=1S/C26H32N6O3/c1-5-34-20-12-19(13-20)32-25(28)21(15-27)24(30-32)17-8-6-16(7-9-17)10-22(33)29-23-11-18(31-35-23)14-26(2,3)4/h6-9,11,19-20H,5,10,12-14,28H2,1-4H3,(H,29,33)/t19-,20+. The lowest BCUT2D eigenvalue weighted by Crippen LogP contribution is -2.34. The summed E-state index contributed by atoms with van der Waals surface area (Å²) in [5.41, 5.74) is 9.66. The van der Waals surface area contributed by atoms with Gasteiger partial charge in [-0.2, -0.15) is 10.4 Å². The smallest absolute Gasteiger partial charge is 0.231 e. The third-order valence-electron chi connectivity index (χ3n) is 6.00. The number of rotatable bonds is 8. The van der Waals surface area contributed by atoms with Crippen molar-refractivity contribution in [2.75, 3.05) is 17.7 Å². The summed E-state index contributed by atoms with van der Waals surface area (Å²) in [4.78, 5) is 12.5. The number of benzene rings is 1. The molecule has 1 aliphatic rings. The average molecular weight is 477 g/mol. The Kier molecular flexibility index (Phi) is 6.94. The minimum Gasteiger partial charge on any atom is -0.383 e. The fourth-order valence-electron chi connectivity index (χ4n) is 4.29. The first-order valence-corrected chi connectivity index (χ1v) is 11.9. The van der Waals surface area contributed by atoms with Crippen LogP contribution in [-0.2, 0) is 22.4 Å². The Morgan fingerprint density at radius 2 is 2.03 bits per heavy atom. The molecule has 0 radical (unpaired) electrons. The van der Waals surface area contributed by atoms with Gasteiger partial charge in [-0.3, -0.25) is 10.1 Å². The number of nitrogens with two attached hydrogens (primary N) is 1. The molecule has 0 unspecified atom stereocenters. The molecule has 4 rings (SSSR count). The molecule has 9 nitrogen and oxygen atoms in total. The molecule has 2 heterocycles. The molecule has 3 N–H and O–H groups in total. The number of hydrogen-bond donors (Lipinski definition) is 2. The summed E-state index contributed by atoms with van der Waals surface area (Å²) in [6.45, 7) is 9.02. The molecule has 1 aliphatic carbocycles. The molecule has 35 heavy (non-hydrogen) atoms. The Balaban J connectivity index is 1.41. The van der Waals surface area contributed by atoms with Crippen molar-refractivity contribution >= 4 is 17.6 Å². The van der Waals surface area contributed by atoms with Crippen LogP contribution >= 0.6 is 0 Å². The molecule has 3 aromatic rings. The van der Waals surface area contributed by atoms with Crippen molar-refractivity contribution in [3.8, 4) is 17.3 Å². The van der Waals surface area contributed by atoms with Crippen LogP contribution in [0.4, 0.5) is 11.7 Å². The van der Waals surface area contributed by atoms with Gasteiger partial charge in [-0.05, 0) is 37.2 Å². The van der Waals surface area contributed by atoms with Gasteiger partial charge in [0, 0.05) is 18.2 Å². The number of amides is 1. The maximum absolute atomic E-state index is 12.5. The predicted octanol–water partition coefficient (Wildman–Crippen LogP) is 4.50. The molecule has 2 aromatic heterocycles.